The van der Waals surface area contributed by atoms with E-state index in [1.807, 2.05) is 72.8 Å². The Balaban J connectivity index is 1.24. The summed E-state index contributed by atoms with van der Waals surface area (Å²) >= 11 is 0. The number of carbonyl (C=O) groups excluding carboxylic acids is 1. The number of benzene rings is 5. The topological polar surface area (TPSA) is 85.2 Å². The lowest BCUT2D eigenvalue weighted by atomic mass is 9.77. The van der Waals surface area contributed by atoms with Crippen molar-refractivity contribution in [1.82, 2.24) is 30.6 Å². The number of aromatic nitrogens is 4. The third kappa shape index (κ3) is 6.46. The minimum atomic E-state index is -0.860. The van der Waals surface area contributed by atoms with Crippen LogP contribution < -0.4 is 5.43 Å². The maximum Gasteiger partial charge on any atom is 0.337 e. The zero-order valence-corrected chi connectivity index (χ0v) is 29.2. The molecule has 0 bridgehead atoms. The molecule has 256 valence electrons. The fraction of sp³-hybridized carbons (Fsp3) is 0.209. The maximum atomic E-state index is 12.8. The summed E-state index contributed by atoms with van der Waals surface area (Å²) in [6.45, 7) is 5.08. The minimum Gasteiger partial charge on any atom is -0.466 e. The Morgan fingerprint density at radius 1 is 0.765 bits per heavy atom. The number of methoxy groups -OCH3 is 1. The van der Waals surface area contributed by atoms with Crippen molar-refractivity contribution >= 4 is 5.97 Å². The number of rotatable bonds is 12. The van der Waals surface area contributed by atoms with Crippen LogP contribution in [0.4, 0.5) is 0 Å². The molecular formula is C43H42N6O2. The normalized spacial score (nSPS) is 14.8. The predicted octanol–water partition coefficient (Wildman–Crippen LogP) is 7.83. The highest BCUT2D eigenvalue weighted by molar-refractivity contribution is 5.91. The summed E-state index contributed by atoms with van der Waals surface area (Å²) in [5.74, 6) is 0.247. The van der Waals surface area contributed by atoms with Gasteiger partial charge in [0.05, 0.1) is 18.7 Å². The van der Waals surface area contributed by atoms with Gasteiger partial charge in [0.1, 0.15) is 0 Å². The van der Waals surface area contributed by atoms with E-state index in [0.29, 0.717) is 17.8 Å². The van der Waals surface area contributed by atoms with Gasteiger partial charge in [-0.25, -0.2) is 9.80 Å². The predicted molar refractivity (Wildman–Crippen MR) is 200 cm³/mol. The van der Waals surface area contributed by atoms with Crippen molar-refractivity contribution in [3.05, 3.63) is 173 Å². The number of carbonyl (C=O) groups is 1. The summed E-state index contributed by atoms with van der Waals surface area (Å²) in [7, 11) is 1.44. The number of hydrogen-bond donors (Lipinski definition) is 1. The second kappa shape index (κ2) is 14.9. The number of esters is 1. The first kappa shape index (κ1) is 33.6. The lowest BCUT2D eigenvalue weighted by Gasteiger charge is -2.34. The number of hydrazine groups is 1. The van der Waals surface area contributed by atoms with E-state index >= 15 is 0 Å². The van der Waals surface area contributed by atoms with E-state index in [1.54, 1.807) is 4.80 Å². The summed E-state index contributed by atoms with van der Waals surface area (Å²) in [6.07, 6.45) is 2.72. The van der Waals surface area contributed by atoms with Crippen molar-refractivity contribution in [2.45, 2.75) is 44.7 Å². The molecule has 0 saturated heterocycles. The van der Waals surface area contributed by atoms with E-state index in [-0.39, 0.29) is 12.0 Å². The van der Waals surface area contributed by atoms with Gasteiger partial charge in [0, 0.05) is 24.2 Å². The van der Waals surface area contributed by atoms with Gasteiger partial charge in [-0.15, -0.1) is 15.0 Å². The molecular weight excluding hydrogens is 633 g/mol. The molecule has 5 aromatic carbocycles. The molecule has 1 atom stereocenters. The first-order valence-electron chi connectivity index (χ1n) is 17.5. The van der Waals surface area contributed by atoms with Crippen molar-refractivity contribution in [1.29, 1.82) is 0 Å². The fourth-order valence-electron chi connectivity index (χ4n) is 7.14. The number of tetrazole rings is 1. The average molecular weight is 675 g/mol. The zero-order valence-electron chi connectivity index (χ0n) is 29.2. The highest BCUT2D eigenvalue weighted by Gasteiger charge is 2.41. The lowest BCUT2D eigenvalue weighted by Crippen LogP contribution is -2.39. The molecule has 0 radical (unpaired) electrons. The molecule has 51 heavy (non-hydrogen) atoms. The van der Waals surface area contributed by atoms with Crippen LogP contribution in [0.5, 0.6) is 0 Å². The molecule has 6 aromatic rings. The molecule has 1 N–H and O–H groups in total. The number of ether oxygens (including phenoxy) is 1. The smallest absolute Gasteiger partial charge is 0.337 e. The lowest BCUT2D eigenvalue weighted by molar-refractivity contribution is -0.136. The van der Waals surface area contributed by atoms with E-state index in [0.717, 1.165) is 64.0 Å². The van der Waals surface area contributed by atoms with Crippen LogP contribution in [0.15, 0.2) is 151 Å². The average Bonchev–Trinajstić information content (AvgIpc) is 3.80. The van der Waals surface area contributed by atoms with Crippen molar-refractivity contribution in [2.24, 2.45) is 0 Å². The van der Waals surface area contributed by atoms with Crippen LogP contribution in [0.25, 0.3) is 22.5 Å². The number of unbranched alkanes of at least 4 members (excludes halogenated alkanes) is 1. The summed E-state index contributed by atoms with van der Waals surface area (Å²) < 4.78 is 5.17. The summed E-state index contributed by atoms with van der Waals surface area (Å²) in [5.41, 5.74) is 11.3. The molecule has 0 fully saturated rings. The van der Waals surface area contributed by atoms with Crippen molar-refractivity contribution < 1.29 is 9.53 Å². The molecule has 1 aliphatic rings. The third-order valence-corrected chi connectivity index (χ3v) is 9.75. The number of nitrogens with zero attached hydrogens (tertiary/aromatic N) is 5. The van der Waals surface area contributed by atoms with Gasteiger partial charge in [-0.2, -0.15) is 0 Å². The van der Waals surface area contributed by atoms with Crippen molar-refractivity contribution in [3.63, 3.8) is 0 Å². The molecule has 0 amide bonds. The minimum absolute atomic E-state index is 0.0597. The summed E-state index contributed by atoms with van der Waals surface area (Å²) in [4.78, 5) is 14.6. The van der Waals surface area contributed by atoms with E-state index in [9.17, 15) is 4.79 Å². The first-order chi connectivity index (χ1) is 25.0. The molecule has 1 aromatic heterocycles. The number of nitrogens with one attached hydrogen (secondary N) is 1. The van der Waals surface area contributed by atoms with Gasteiger partial charge in [-0.3, -0.25) is 0 Å². The number of hydrogen-bond acceptors (Lipinski definition) is 7. The summed E-state index contributed by atoms with van der Waals surface area (Å²) in [5, 5.41) is 16.8. The Kier molecular flexibility index (Phi) is 9.85. The quantitative estimate of drug-likeness (QED) is 0.105. The second-order valence-corrected chi connectivity index (χ2v) is 12.8. The Labute approximate surface area is 299 Å². The Hall–Kier alpha value is -5.86. The van der Waals surface area contributed by atoms with E-state index < -0.39 is 5.54 Å². The monoisotopic (exact) mass is 674 g/mol. The van der Waals surface area contributed by atoms with E-state index in [2.05, 4.69) is 91.0 Å². The second-order valence-electron chi connectivity index (χ2n) is 12.8. The molecule has 8 nitrogen and oxygen atoms in total. The zero-order chi connectivity index (χ0) is 35.2. The van der Waals surface area contributed by atoms with Crippen LogP contribution in [0.1, 0.15) is 48.9 Å². The Morgan fingerprint density at radius 2 is 1.31 bits per heavy atom. The highest BCUT2D eigenvalue weighted by atomic mass is 16.5. The van der Waals surface area contributed by atoms with Crippen molar-refractivity contribution in [2.75, 3.05) is 13.7 Å². The van der Waals surface area contributed by atoms with Gasteiger partial charge in [0.2, 0.25) is 5.82 Å². The van der Waals surface area contributed by atoms with Crippen LogP contribution in [0, 0.1) is 0 Å². The first-order valence-corrected chi connectivity index (χ1v) is 17.5. The van der Waals surface area contributed by atoms with Gasteiger partial charge < -0.3 is 10.2 Å². The van der Waals surface area contributed by atoms with Crippen LogP contribution in [-0.4, -0.2) is 50.9 Å². The largest absolute Gasteiger partial charge is 0.466 e. The summed E-state index contributed by atoms with van der Waals surface area (Å²) in [6, 6.07) is 47.6. The molecule has 8 heteroatoms. The molecule has 0 spiro atoms. The van der Waals surface area contributed by atoms with E-state index in [4.69, 9.17) is 20.1 Å². The van der Waals surface area contributed by atoms with Crippen molar-refractivity contribution in [3.8, 4) is 22.5 Å². The highest BCUT2D eigenvalue weighted by Crippen LogP contribution is 2.40. The maximum absolute atomic E-state index is 12.8. The molecule has 7 rings (SSSR count). The van der Waals surface area contributed by atoms with Gasteiger partial charge in [0.25, 0.3) is 0 Å². The molecule has 1 aliphatic heterocycles. The molecule has 1 unspecified atom stereocenters. The molecule has 0 aliphatic carbocycles. The fourth-order valence-corrected chi connectivity index (χ4v) is 7.14. The molecule has 0 saturated carbocycles. The van der Waals surface area contributed by atoms with Crippen LogP contribution >= 0.6 is 0 Å². The molecule has 2 heterocycles. The van der Waals surface area contributed by atoms with Gasteiger partial charge >= 0.3 is 5.97 Å². The van der Waals surface area contributed by atoms with Gasteiger partial charge in [0.15, 0.2) is 5.54 Å². The standard InChI is InChI=1S/C43H42N6O2/c1-4-5-29-48-31(2)40(42(50)51-3)39(45-48)30-32-25-27-33(28-26-32)37-23-15-16-24-38(37)41-44-47-49(46-41)43(34-17-9-6-10-18-34,35-19-11-7-12-20-35)36-21-13-8-14-22-36/h6-28,31,45H,4-5,29-30H2,1-3H3. The number of allylic oxidation sites excluding steroid dienone is 1. The Bertz CT molecular complexity index is 2010. The van der Waals surface area contributed by atoms with Gasteiger partial charge in [-0.1, -0.05) is 153 Å². The van der Waals surface area contributed by atoms with Crippen LogP contribution in [0.2, 0.25) is 0 Å². The third-order valence-electron chi connectivity index (χ3n) is 9.75. The van der Waals surface area contributed by atoms with Crippen LogP contribution in [0.3, 0.4) is 0 Å². The SMILES string of the molecule is CCCCN1NC(Cc2ccc(-c3ccccc3-c3nnn(C(c4ccccc4)(c4ccccc4)c4ccccc4)n3)cc2)=C(C(=O)OC)C1C. The van der Waals surface area contributed by atoms with Gasteiger partial charge in [-0.05, 0) is 51.9 Å². The van der Waals surface area contributed by atoms with E-state index in [1.165, 1.54) is 7.11 Å². The Morgan fingerprint density at radius 3 is 1.86 bits per heavy atom. The van der Waals surface area contributed by atoms with Crippen LogP contribution in [-0.2, 0) is 21.5 Å².